The van der Waals surface area contributed by atoms with Gasteiger partial charge in [-0.15, -0.1) is 0 Å². The lowest BCUT2D eigenvalue weighted by Gasteiger charge is -2.18. The van der Waals surface area contributed by atoms with Crippen LogP contribution in [-0.2, 0) is 6.54 Å². The summed E-state index contributed by atoms with van der Waals surface area (Å²) in [6.07, 6.45) is 3.49. The van der Waals surface area contributed by atoms with Crippen molar-refractivity contribution in [2.75, 3.05) is 13.2 Å². The molecule has 2 heterocycles. The SMILES string of the molecule is CCn1c2ccccc2c2cc(/C=C/C(=O)c3ccc4c(c3)OCCO4)ccc21. The van der Waals surface area contributed by atoms with Crippen molar-refractivity contribution in [2.45, 2.75) is 13.5 Å². The summed E-state index contributed by atoms with van der Waals surface area (Å²) in [5.41, 5.74) is 4.04. The maximum atomic E-state index is 12.6. The topological polar surface area (TPSA) is 40.5 Å². The molecule has 0 bridgehead atoms. The van der Waals surface area contributed by atoms with Crippen LogP contribution in [0, 0.1) is 0 Å². The third-order valence-corrected chi connectivity index (χ3v) is 5.37. The van der Waals surface area contributed by atoms with Crippen LogP contribution in [0.15, 0.2) is 66.7 Å². The number of hydrogen-bond donors (Lipinski definition) is 0. The van der Waals surface area contributed by atoms with Crippen LogP contribution in [0.4, 0.5) is 0 Å². The first-order valence-electron chi connectivity index (χ1n) is 9.87. The monoisotopic (exact) mass is 383 g/mol. The number of fused-ring (bicyclic) bond motifs is 4. The highest BCUT2D eigenvalue weighted by Gasteiger charge is 2.14. The maximum absolute atomic E-state index is 12.6. The van der Waals surface area contributed by atoms with E-state index >= 15 is 0 Å². The predicted molar refractivity (Wildman–Crippen MR) is 116 cm³/mol. The van der Waals surface area contributed by atoms with Gasteiger partial charge in [0.1, 0.15) is 13.2 Å². The number of carbonyl (C=O) groups excluding carboxylic acids is 1. The zero-order chi connectivity index (χ0) is 19.8. The molecule has 0 unspecified atom stereocenters. The van der Waals surface area contributed by atoms with Gasteiger partial charge < -0.3 is 14.0 Å². The molecule has 0 amide bonds. The van der Waals surface area contributed by atoms with Crippen molar-refractivity contribution in [1.29, 1.82) is 0 Å². The van der Waals surface area contributed by atoms with Crippen molar-refractivity contribution in [3.05, 3.63) is 77.9 Å². The van der Waals surface area contributed by atoms with E-state index in [2.05, 4.69) is 54.0 Å². The Bertz CT molecular complexity index is 1270. The van der Waals surface area contributed by atoms with E-state index in [-0.39, 0.29) is 5.78 Å². The minimum Gasteiger partial charge on any atom is -0.486 e. The van der Waals surface area contributed by atoms with E-state index in [0.29, 0.717) is 30.3 Å². The van der Waals surface area contributed by atoms with Crippen LogP contribution in [0.25, 0.3) is 27.9 Å². The molecular weight excluding hydrogens is 362 g/mol. The van der Waals surface area contributed by atoms with E-state index in [0.717, 1.165) is 12.1 Å². The number of allylic oxidation sites excluding steroid dienone is 1. The third-order valence-electron chi connectivity index (χ3n) is 5.37. The van der Waals surface area contributed by atoms with Crippen LogP contribution in [0.3, 0.4) is 0 Å². The van der Waals surface area contributed by atoms with Crippen LogP contribution >= 0.6 is 0 Å². The molecule has 0 spiro atoms. The van der Waals surface area contributed by atoms with Crippen LogP contribution < -0.4 is 9.47 Å². The number of hydrogen-bond acceptors (Lipinski definition) is 3. The average molecular weight is 383 g/mol. The van der Waals surface area contributed by atoms with Gasteiger partial charge in [0.2, 0.25) is 0 Å². The van der Waals surface area contributed by atoms with Crippen LogP contribution in [-0.4, -0.2) is 23.6 Å². The van der Waals surface area contributed by atoms with Crippen LogP contribution in [0.2, 0.25) is 0 Å². The minimum absolute atomic E-state index is 0.0574. The summed E-state index contributed by atoms with van der Waals surface area (Å²) in [7, 11) is 0. The zero-order valence-electron chi connectivity index (χ0n) is 16.2. The van der Waals surface area contributed by atoms with Gasteiger partial charge in [-0.25, -0.2) is 0 Å². The van der Waals surface area contributed by atoms with Crippen molar-refractivity contribution >= 4 is 33.7 Å². The number of aromatic nitrogens is 1. The van der Waals surface area contributed by atoms with E-state index in [1.165, 1.54) is 21.8 Å². The van der Waals surface area contributed by atoms with Crippen molar-refractivity contribution < 1.29 is 14.3 Å². The molecule has 0 aliphatic carbocycles. The summed E-state index contributed by atoms with van der Waals surface area (Å²) in [6, 6.07) is 20.1. The quantitative estimate of drug-likeness (QED) is 0.346. The first kappa shape index (κ1) is 17.6. The molecule has 0 radical (unpaired) electrons. The van der Waals surface area contributed by atoms with Gasteiger partial charge in [0.15, 0.2) is 17.3 Å². The van der Waals surface area contributed by atoms with Crippen molar-refractivity contribution in [3.8, 4) is 11.5 Å². The second-order valence-corrected chi connectivity index (χ2v) is 7.09. The van der Waals surface area contributed by atoms with Gasteiger partial charge in [0, 0.05) is 33.9 Å². The molecule has 0 N–H and O–H groups in total. The molecule has 3 aromatic carbocycles. The fourth-order valence-corrected chi connectivity index (χ4v) is 3.98. The summed E-state index contributed by atoms with van der Waals surface area (Å²) in [5, 5.41) is 2.44. The molecule has 0 saturated carbocycles. The molecule has 1 aliphatic rings. The fraction of sp³-hybridized carbons (Fsp3) is 0.160. The Kier molecular flexibility index (Phi) is 4.32. The Labute approximate surface area is 169 Å². The number of nitrogens with zero attached hydrogens (tertiary/aromatic N) is 1. The molecule has 29 heavy (non-hydrogen) atoms. The number of para-hydroxylation sites is 1. The van der Waals surface area contributed by atoms with E-state index in [9.17, 15) is 4.79 Å². The molecule has 4 nitrogen and oxygen atoms in total. The number of aryl methyl sites for hydroxylation is 1. The largest absolute Gasteiger partial charge is 0.486 e. The van der Waals surface area contributed by atoms with E-state index < -0.39 is 0 Å². The number of rotatable bonds is 4. The molecule has 4 aromatic rings. The summed E-state index contributed by atoms with van der Waals surface area (Å²) >= 11 is 0. The molecule has 5 rings (SSSR count). The van der Waals surface area contributed by atoms with Crippen LogP contribution in [0.5, 0.6) is 11.5 Å². The minimum atomic E-state index is -0.0574. The summed E-state index contributed by atoms with van der Waals surface area (Å²) in [4.78, 5) is 12.6. The van der Waals surface area contributed by atoms with Crippen molar-refractivity contribution in [1.82, 2.24) is 4.57 Å². The lowest BCUT2D eigenvalue weighted by molar-refractivity contribution is 0.104. The van der Waals surface area contributed by atoms with Gasteiger partial charge in [0.05, 0.1) is 0 Å². The Morgan fingerprint density at radius 1 is 0.931 bits per heavy atom. The number of ether oxygens (including phenoxy) is 2. The third kappa shape index (κ3) is 3.07. The first-order valence-corrected chi connectivity index (χ1v) is 9.87. The molecule has 0 saturated heterocycles. The molecule has 1 aliphatic heterocycles. The van der Waals surface area contributed by atoms with Crippen LogP contribution in [0.1, 0.15) is 22.8 Å². The number of ketones is 1. The Hall–Kier alpha value is -3.53. The molecule has 0 atom stereocenters. The van der Waals surface area contributed by atoms with Gasteiger partial charge in [-0.3, -0.25) is 4.79 Å². The highest BCUT2D eigenvalue weighted by atomic mass is 16.6. The van der Waals surface area contributed by atoms with Gasteiger partial charge in [0.25, 0.3) is 0 Å². The highest BCUT2D eigenvalue weighted by molar-refractivity contribution is 6.10. The van der Waals surface area contributed by atoms with E-state index in [1.54, 1.807) is 24.3 Å². The second-order valence-electron chi connectivity index (χ2n) is 7.09. The summed E-state index contributed by atoms with van der Waals surface area (Å²) < 4.78 is 13.4. The molecule has 144 valence electrons. The van der Waals surface area contributed by atoms with Gasteiger partial charge >= 0.3 is 0 Å². The van der Waals surface area contributed by atoms with E-state index in [4.69, 9.17) is 9.47 Å². The standard InChI is InChI=1S/C25H21NO3/c1-2-26-21-6-4-3-5-19(21)20-15-17(7-10-22(20)26)8-11-23(27)18-9-12-24-25(16-18)29-14-13-28-24/h3-12,15-16H,2,13-14H2,1H3/b11-8+. The van der Waals surface area contributed by atoms with Gasteiger partial charge in [-0.05, 0) is 55.0 Å². The Morgan fingerprint density at radius 3 is 2.59 bits per heavy atom. The maximum Gasteiger partial charge on any atom is 0.185 e. The molecule has 4 heteroatoms. The van der Waals surface area contributed by atoms with Gasteiger partial charge in [-0.2, -0.15) is 0 Å². The normalized spacial score (nSPS) is 13.4. The fourth-order valence-electron chi connectivity index (χ4n) is 3.98. The predicted octanol–water partition coefficient (Wildman–Crippen LogP) is 5.48. The lowest BCUT2D eigenvalue weighted by Crippen LogP contribution is -2.15. The second kappa shape index (κ2) is 7.13. The van der Waals surface area contributed by atoms with E-state index in [1.807, 2.05) is 6.08 Å². The molecule has 0 fully saturated rings. The molecule has 1 aromatic heterocycles. The smallest absolute Gasteiger partial charge is 0.185 e. The number of benzene rings is 3. The molecular formula is C25H21NO3. The number of carbonyl (C=O) groups is 1. The summed E-state index contributed by atoms with van der Waals surface area (Å²) in [6.45, 7) is 4.12. The average Bonchev–Trinajstić information content (AvgIpc) is 3.10. The van der Waals surface area contributed by atoms with Crippen molar-refractivity contribution in [3.63, 3.8) is 0 Å². The highest BCUT2D eigenvalue weighted by Crippen LogP contribution is 2.32. The first-order chi connectivity index (χ1) is 14.2. The lowest BCUT2D eigenvalue weighted by atomic mass is 10.1. The zero-order valence-corrected chi connectivity index (χ0v) is 16.2. The van der Waals surface area contributed by atoms with Gasteiger partial charge in [-0.1, -0.05) is 30.3 Å². The summed E-state index contributed by atoms with van der Waals surface area (Å²) in [5.74, 6) is 1.26. The Balaban J connectivity index is 1.47. The van der Waals surface area contributed by atoms with Crippen molar-refractivity contribution in [2.24, 2.45) is 0 Å². The Morgan fingerprint density at radius 2 is 1.72 bits per heavy atom.